The van der Waals surface area contributed by atoms with Crippen molar-refractivity contribution in [1.82, 2.24) is 10.2 Å². The fourth-order valence-electron chi connectivity index (χ4n) is 2.81. The predicted octanol–water partition coefficient (Wildman–Crippen LogP) is 4.51. The minimum Gasteiger partial charge on any atom is -0.428 e. The maximum absolute atomic E-state index is 13.1. The number of benzene rings is 1. The van der Waals surface area contributed by atoms with Crippen molar-refractivity contribution in [3.05, 3.63) is 29.8 Å². The third kappa shape index (κ3) is 6.81. The van der Waals surface area contributed by atoms with Crippen LogP contribution in [0.5, 0.6) is 5.75 Å². The maximum Gasteiger partial charge on any atom is 0.461 e. The minimum absolute atomic E-state index is 0. The fourth-order valence-corrected chi connectivity index (χ4v) is 2.81. The van der Waals surface area contributed by atoms with Crippen molar-refractivity contribution in [3.63, 3.8) is 0 Å². The van der Waals surface area contributed by atoms with Crippen LogP contribution < -0.4 is 10.1 Å². The molecule has 1 atom stereocenters. The van der Waals surface area contributed by atoms with E-state index in [1.165, 1.54) is 12.1 Å². The van der Waals surface area contributed by atoms with Crippen LogP contribution in [-0.2, 0) is 0 Å². The third-order valence-electron chi connectivity index (χ3n) is 3.91. The van der Waals surface area contributed by atoms with Gasteiger partial charge in [0.25, 0.3) is 0 Å². The number of hydrogen-bond donors (Lipinski definition) is 1. The number of rotatable bonds is 7. The fraction of sp³-hybridized carbons (Fsp3) is 0.625. The lowest BCUT2D eigenvalue weighted by Crippen LogP contribution is -2.45. The molecule has 0 aromatic heterocycles. The Bertz CT molecular complexity index is 503. The lowest BCUT2D eigenvalue weighted by molar-refractivity contribution is -0.253. The van der Waals surface area contributed by atoms with Crippen molar-refractivity contribution < 1.29 is 22.3 Å². The zero-order valence-electron chi connectivity index (χ0n) is 13.9. The van der Waals surface area contributed by atoms with E-state index in [9.17, 15) is 17.6 Å². The molecule has 1 fully saturated rings. The Balaban J connectivity index is 0.00000288. The van der Waals surface area contributed by atoms with E-state index >= 15 is 0 Å². The molecule has 0 aliphatic carbocycles. The Kier molecular flexibility index (Phi) is 10.7. The number of nitrogens with zero attached hydrogens (tertiary/aromatic N) is 1. The first-order valence-corrected chi connectivity index (χ1v) is 7.83. The van der Waals surface area contributed by atoms with Crippen LogP contribution in [0.1, 0.15) is 31.4 Å². The molecule has 0 amide bonds. The highest BCUT2D eigenvalue weighted by Crippen LogP contribution is 2.32. The lowest BCUT2D eigenvalue weighted by Gasteiger charge is -2.35. The van der Waals surface area contributed by atoms with Crippen molar-refractivity contribution in [3.8, 4) is 5.75 Å². The molecular formula is C16H24Cl2F4N2O. The first-order chi connectivity index (χ1) is 10.9. The molecule has 1 aromatic rings. The molecule has 1 heterocycles. The second kappa shape index (κ2) is 11.1. The SMILES string of the molecule is CCC[C@@H](c1cccc(OC(F)(F)C(F)F)c1)N1CCNCC1.Cl.Cl. The van der Waals surface area contributed by atoms with Crippen LogP contribution in [0.4, 0.5) is 17.6 Å². The molecule has 3 nitrogen and oxygen atoms in total. The van der Waals surface area contributed by atoms with Crippen LogP contribution in [-0.4, -0.2) is 43.6 Å². The van der Waals surface area contributed by atoms with Crippen molar-refractivity contribution in [2.75, 3.05) is 26.2 Å². The molecule has 0 bridgehead atoms. The lowest BCUT2D eigenvalue weighted by atomic mass is 9.99. The molecular weight excluding hydrogens is 383 g/mol. The normalized spacial score (nSPS) is 16.7. The van der Waals surface area contributed by atoms with Crippen molar-refractivity contribution in [2.24, 2.45) is 0 Å². The van der Waals surface area contributed by atoms with Crippen LogP contribution in [0.3, 0.4) is 0 Å². The minimum atomic E-state index is -4.48. The molecule has 1 saturated heterocycles. The average molecular weight is 407 g/mol. The molecule has 25 heavy (non-hydrogen) atoms. The molecule has 146 valence electrons. The molecule has 2 rings (SSSR count). The van der Waals surface area contributed by atoms with Crippen LogP contribution in [0.2, 0.25) is 0 Å². The van der Waals surface area contributed by atoms with Crippen molar-refractivity contribution in [1.29, 1.82) is 0 Å². The summed E-state index contributed by atoms with van der Waals surface area (Å²) in [5.74, 6) is -0.232. The molecule has 0 radical (unpaired) electrons. The summed E-state index contributed by atoms with van der Waals surface area (Å²) < 4.78 is 54.9. The molecule has 1 aliphatic rings. The second-order valence-electron chi connectivity index (χ2n) is 5.63. The van der Waals surface area contributed by atoms with Gasteiger partial charge in [-0.2, -0.15) is 17.6 Å². The van der Waals surface area contributed by atoms with E-state index in [1.807, 2.05) is 6.07 Å². The van der Waals surface area contributed by atoms with Crippen LogP contribution in [0, 0.1) is 0 Å². The van der Waals surface area contributed by atoms with E-state index in [-0.39, 0.29) is 36.6 Å². The van der Waals surface area contributed by atoms with Gasteiger partial charge < -0.3 is 10.1 Å². The molecule has 1 aliphatic heterocycles. The molecule has 0 unspecified atom stereocenters. The average Bonchev–Trinajstić information content (AvgIpc) is 2.53. The second-order valence-corrected chi connectivity index (χ2v) is 5.63. The van der Waals surface area contributed by atoms with Gasteiger partial charge in [0.15, 0.2) is 0 Å². The Morgan fingerprint density at radius 1 is 1.20 bits per heavy atom. The summed E-state index contributed by atoms with van der Waals surface area (Å²) in [6.07, 6.45) is -6.53. The van der Waals surface area contributed by atoms with Gasteiger partial charge in [0.2, 0.25) is 0 Å². The Labute approximate surface area is 157 Å². The summed E-state index contributed by atoms with van der Waals surface area (Å²) in [5, 5.41) is 3.27. The molecule has 1 N–H and O–H groups in total. The van der Waals surface area contributed by atoms with E-state index in [4.69, 9.17) is 0 Å². The van der Waals surface area contributed by atoms with Gasteiger partial charge in [0.05, 0.1) is 0 Å². The highest BCUT2D eigenvalue weighted by atomic mass is 35.5. The zero-order valence-corrected chi connectivity index (χ0v) is 15.5. The number of piperazine rings is 1. The highest BCUT2D eigenvalue weighted by Gasteiger charge is 2.44. The number of hydrogen-bond acceptors (Lipinski definition) is 3. The topological polar surface area (TPSA) is 24.5 Å². The summed E-state index contributed by atoms with van der Waals surface area (Å²) in [4.78, 5) is 2.28. The molecule has 1 aromatic carbocycles. The molecule has 0 spiro atoms. The number of ether oxygens (including phenoxy) is 1. The van der Waals surface area contributed by atoms with E-state index in [2.05, 4.69) is 21.9 Å². The monoisotopic (exact) mass is 406 g/mol. The summed E-state index contributed by atoms with van der Waals surface area (Å²) in [5.41, 5.74) is 0.816. The number of nitrogens with one attached hydrogen (secondary N) is 1. The van der Waals surface area contributed by atoms with Gasteiger partial charge in [-0.3, -0.25) is 4.90 Å². The van der Waals surface area contributed by atoms with E-state index < -0.39 is 12.5 Å². The van der Waals surface area contributed by atoms with Crippen LogP contribution in [0.25, 0.3) is 0 Å². The van der Waals surface area contributed by atoms with Crippen molar-refractivity contribution >= 4 is 24.8 Å². The Morgan fingerprint density at radius 2 is 1.84 bits per heavy atom. The van der Waals surface area contributed by atoms with E-state index in [1.54, 1.807) is 6.07 Å². The van der Waals surface area contributed by atoms with E-state index in [0.29, 0.717) is 0 Å². The quantitative estimate of drug-likeness (QED) is 0.673. The standard InChI is InChI=1S/C16H22F4N2O.2ClH/c1-2-4-14(22-9-7-21-8-10-22)12-5-3-6-13(11-12)23-16(19,20)15(17)18;;/h3,5-6,11,14-15,21H,2,4,7-10H2,1H3;2*1H/t14-;;/m0../s1. The third-order valence-corrected chi connectivity index (χ3v) is 3.91. The van der Waals surface area contributed by atoms with Gasteiger partial charge in [0.1, 0.15) is 5.75 Å². The zero-order chi connectivity index (χ0) is 16.9. The Morgan fingerprint density at radius 3 is 2.40 bits per heavy atom. The number of halogens is 6. The molecule has 0 saturated carbocycles. The van der Waals surface area contributed by atoms with Gasteiger partial charge >= 0.3 is 12.5 Å². The van der Waals surface area contributed by atoms with Crippen LogP contribution >= 0.6 is 24.8 Å². The van der Waals surface area contributed by atoms with Gasteiger partial charge in [-0.15, -0.1) is 24.8 Å². The summed E-state index contributed by atoms with van der Waals surface area (Å²) in [6, 6.07) is 6.19. The van der Waals surface area contributed by atoms with Gasteiger partial charge in [-0.1, -0.05) is 25.5 Å². The van der Waals surface area contributed by atoms with Crippen LogP contribution in [0.15, 0.2) is 24.3 Å². The van der Waals surface area contributed by atoms with Crippen molar-refractivity contribution in [2.45, 2.75) is 38.3 Å². The smallest absolute Gasteiger partial charge is 0.428 e. The molecule has 9 heteroatoms. The van der Waals surface area contributed by atoms with Gasteiger partial charge in [-0.25, -0.2) is 0 Å². The predicted molar refractivity (Wildman–Crippen MR) is 94.6 cm³/mol. The summed E-state index contributed by atoms with van der Waals surface area (Å²) in [6.45, 7) is 5.53. The number of alkyl halides is 4. The van der Waals surface area contributed by atoms with Gasteiger partial charge in [0, 0.05) is 32.2 Å². The Hall–Kier alpha value is -0.760. The summed E-state index contributed by atoms with van der Waals surface area (Å²) in [7, 11) is 0. The first-order valence-electron chi connectivity index (χ1n) is 7.83. The largest absolute Gasteiger partial charge is 0.461 e. The maximum atomic E-state index is 13.1. The first kappa shape index (κ1) is 24.2. The van der Waals surface area contributed by atoms with E-state index in [0.717, 1.165) is 44.6 Å². The highest BCUT2D eigenvalue weighted by molar-refractivity contribution is 5.85. The van der Waals surface area contributed by atoms with Gasteiger partial charge in [-0.05, 0) is 24.1 Å². The summed E-state index contributed by atoms with van der Waals surface area (Å²) >= 11 is 0.